The third kappa shape index (κ3) is 5.12. The Labute approximate surface area is 130 Å². The van der Waals surface area contributed by atoms with Gasteiger partial charge in [0.1, 0.15) is 0 Å². The van der Waals surface area contributed by atoms with Crippen molar-refractivity contribution in [2.24, 2.45) is 5.92 Å². The second kappa shape index (κ2) is 9.22. The minimum absolute atomic E-state index is 0.328. The van der Waals surface area contributed by atoms with Gasteiger partial charge in [0.05, 0.1) is 0 Å². The SMILES string of the molecule is CCCCCC(NC1CCCCC1CO)c1ccccc1. The minimum atomic E-state index is 0.328. The predicted molar refractivity (Wildman–Crippen MR) is 89.3 cm³/mol. The number of hydrogen-bond donors (Lipinski definition) is 2. The lowest BCUT2D eigenvalue weighted by molar-refractivity contribution is 0.144. The van der Waals surface area contributed by atoms with Crippen molar-refractivity contribution >= 4 is 0 Å². The molecule has 1 aromatic rings. The van der Waals surface area contributed by atoms with E-state index in [0.717, 1.165) is 0 Å². The van der Waals surface area contributed by atoms with Gasteiger partial charge >= 0.3 is 0 Å². The highest BCUT2D eigenvalue weighted by Gasteiger charge is 2.26. The summed E-state index contributed by atoms with van der Waals surface area (Å²) >= 11 is 0. The second-order valence-electron chi connectivity index (χ2n) is 6.46. The van der Waals surface area contributed by atoms with Gasteiger partial charge in [-0.15, -0.1) is 0 Å². The van der Waals surface area contributed by atoms with Crippen LogP contribution in [0.15, 0.2) is 30.3 Å². The van der Waals surface area contributed by atoms with E-state index in [0.29, 0.717) is 24.6 Å². The predicted octanol–water partition coefficient (Wildman–Crippen LogP) is 4.45. The zero-order valence-electron chi connectivity index (χ0n) is 13.4. The molecular formula is C19H31NO. The molecule has 0 spiro atoms. The number of rotatable bonds is 8. The molecule has 2 heteroatoms. The second-order valence-corrected chi connectivity index (χ2v) is 6.46. The smallest absolute Gasteiger partial charge is 0.0474 e. The lowest BCUT2D eigenvalue weighted by Gasteiger charge is -2.34. The van der Waals surface area contributed by atoms with Crippen molar-refractivity contribution in [3.63, 3.8) is 0 Å². The molecule has 2 N–H and O–H groups in total. The summed E-state index contributed by atoms with van der Waals surface area (Å²) in [7, 11) is 0. The molecule has 1 aliphatic rings. The van der Waals surface area contributed by atoms with E-state index in [1.807, 2.05) is 0 Å². The molecule has 118 valence electrons. The third-order valence-corrected chi connectivity index (χ3v) is 4.86. The molecular weight excluding hydrogens is 258 g/mol. The molecule has 0 heterocycles. The van der Waals surface area contributed by atoms with Gasteiger partial charge < -0.3 is 10.4 Å². The number of unbranched alkanes of at least 4 members (excludes halogenated alkanes) is 2. The number of nitrogens with one attached hydrogen (secondary N) is 1. The van der Waals surface area contributed by atoms with E-state index < -0.39 is 0 Å². The molecule has 2 nitrogen and oxygen atoms in total. The van der Waals surface area contributed by atoms with E-state index in [-0.39, 0.29) is 0 Å². The normalized spacial score (nSPS) is 23.9. The largest absolute Gasteiger partial charge is 0.396 e. The topological polar surface area (TPSA) is 32.3 Å². The molecule has 3 atom stereocenters. The average Bonchev–Trinajstić information content (AvgIpc) is 2.55. The maximum atomic E-state index is 9.62. The van der Waals surface area contributed by atoms with Crippen LogP contribution >= 0.6 is 0 Å². The van der Waals surface area contributed by atoms with Crippen LogP contribution in [0.2, 0.25) is 0 Å². The van der Waals surface area contributed by atoms with Crippen molar-refractivity contribution < 1.29 is 5.11 Å². The molecule has 0 bridgehead atoms. The van der Waals surface area contributed by atoms with Gasteiger partial charge in [-0.3, -0.25) is 0 Å². The van der Waals surface area contributed by atoms with Gasteiger partial charge in [0.2, 0.25) is 0 Å². The van der Waals surface area contributed by atoms with Crippen molar-refractivity contribution in [3.8, 4) is 0 Å². The maximum absolute atomic E-state index is 9.62. The van der Waals surface area contributed by atoms with E-state index in [4.69, 9.17) is 0 Å². The fourth-order valence-corrected chi connectivity index (χ4v) is 3.53. The van der Waals surface area contributed by atoms with Gasteiger partial charge in [-0.25, -0.2) is 0 Å². The summed E-state index contributed by atoms with van der Waals surface area (Å²) in [5.41, 5.74) is 1.40. The van der Waals surface area contributed by atoms with Gasteiger partial charge in [-0.2, -0.15) is 0 Å². The quantitative estimate of drug-likeness (QED) is 0.693. The lowest BCUT2D eigenvalue weighted by atomic mass is 9.84. The van der Waals surface area contributed by atoms with E-state index in [2.05, 4.69) is 42.6 Å². The van der Waals surface area contributed by atoms with E-state index in [1.165, 1.54) is 56.9 Å². The Morgan fingerprint density at radius 3 is 2.62 bits per heavy atom. The molecule has 0 aromatic heterocycles. The first kappa shape index (κ1) is 16.5. The van der Waals surface area contributed by atoms with Crippen molar-refractivity contribution in [1.82, 2.24) is 5.32 Å². The van der Waals surface area contributed by atoms with Crippen LogP contribution in [0.5, 0.6) is 0 Å². The molecule has 1 fully saturated rings. The molecule has 1 aliphatic carbocycles. The summed E-state index contributed by atoms with van der Waals surface area (Å²) < 4.78 is 0. The van der Waals surface area contributed by atoms with Crippen molar-refractivity contribution in [1.29, 1.82) is 0 Å². The average molecular weight is 289 g/mol. The monoisotopic (exact) mass is 289 g/mol. The van der Waals surface area contributed by atoms with Crippen LogP contribution in [0.1, 0.15) is 69.9 Å². The Morgan fingerprint density at radius 1 is 1.14 bits per heavy atom. The van der Waals surface area contributed by atoms with Gasteiger partial charge in [-0.1, -0.05) is 69.4 Å². The van der Waals surface area contributed by atoms with Crippen molar-refractivity contribution in [2.75, 3.05) is 6.61 Å². The molecule has 0 amide bonds. The molecule has 0 saturated heterocycles. The number of hydrogen-bond acceptors (Lipinski definition) is 2. The first-order chi connectivity index (χ1) is 10.3. The maximum Gasteiger partial charge on any atom is 0.0474 e. The van der Waals surface area contributed by atoms with Crippen LogP contribution in [-0.4, -0.2) is 17.8 Å². The number of benzene rings is 1. The Kier molecular flexibility index (Phi) is 7.25. The molecule has 0 radical (unpaired) electrons. The van der Waals surface area contributed by atoms with E-state index in [1.54, 1.807) is 0 Å². The van der Waals surface area contributed by atoms with E-state index in [9.17, 15) is 5.11 Å². The standard InChI is InChI=1S/C19H31NO/c1-2-3-5-13-18(16-10-6-4-7-11-16)20-19-14-9-8-12-17(19)15-21/h4,6-7,10-11,17-21H,2-3,5,8-9,12-15H2,1H3. The summed E-state index contributed by atoms with van der Waals surface area (Å²) in [6.07, 6.45) is 10.0. The molecule has 21 heavy (non-hydrogen) atoms. The highest BCUT2D eigenvalue weighted by molar-refractivity contribution is 5.19. The molecule has 0 aliphatic heterocycles. The Balaban J connectivity index is 2.00. The molecule has 1 aromatic carbocycles. The Morgan fingerprint density at radius 2 is 1.90 bits per heavy atom. The first-order valence-electron chi connectivity index (χ1n) is 8.77. The molecule has 3 unspecified atom stereocenters. The summed E-state index contributed by atoms with van der Waals surface area (Å²) in [4.78, 5) is 0. The number of aliphatic hydroxyl groups is 1. The summed E-state index contributed by atoms with van der Waals surface area (Å²) in [6.45, 7) is 2.59. The highest BCUT2D eigenvalue weighted by Crippen LogP contribution is 2.28. The van der Waals surface area contributed by atoms with Crippen LogP contribution in [0.4, 0.5) is 0 Å². The zero-order chi connectivity index (χ0) is 14.9. The van der Waals surface area contributed by atoms with Crippen LogP contribution in [0.3, 0.4) is 0 Å². The van der Waals surface area contributed by atoms with Gasteiger partial charge in [0.15, 0.2) is 0 Å². The first-order valence-corrected chi connectivity index (χ1v) is 8.77. The van der Waals surface area contributed by atoms with Gasteiger partial charge in [-0.05, 0) is 30.7 Å². The highest BCUT2D eigenvalue weighted by atomic mass is 16.3. The molecule has 2 rings (SSSR count). The minimum Gasteiger partial charge on any atom is -0.396 e. The van der Waals surface area contributed by atoms with Crippen molar-refractivity contribution in [2.45, 2.75) is 70.4 Å². The molecule has 1 saturated carbocycles. The fourth-order valence-electron chi connectivity index (χ4n) is 3.53. The Bertz CT molecular complexity index is 378. The summed E-state index contributed by atoms with van der Waals surface area (Å²) in [5, 5.41) is 13.5. The zero-order valence-corrected chi connectivity index (χ0v) is 13.4. The van der Waals surface area contributed by atoms with Crippen molar-refractivity contribution in [3.05, 3.63) is 35.9 Å². The van der Waals surface area contributed by atoms with Crippen LogP contribution in [0, 0.1) is 5.92 Å². The van der Waals surface area contributed by atoms with Gasteiger partial charge in [0, 0.05) is 18.7 Å². The van der Waals surface area contributed by atoms with Crippen LogP contribution < -0.4 is 5.32 Å². The van der Waals surface area contributed by atoms with Crippen LogP contribution in [-0.2, 0) is 0 Å². The Hall–Kier alpha value is -0.860. The summed E-state index contributed by atoms with van der Waals surface area (Å²) in [5.74, 6) is 0.441. The number of aliphatic hydroxyl groups excluding tert-OH is 1. The fraction of sp³-hybridized carbons (Fsp3) is 0.684. The van der Waals surface area contributed by atoms with Crippen LogP contribution in [0.25, 0.3) is 0 Å². The van der Waals surface area contributed by atoms with E-state index >= 15 is 0 Å². The lowest BCUT2D eigenvalue weighted by Crippen LogP contribution is -2.42. The third-order valence-electron chi connectivity index (χ3n) is 4.86. The summed E-state index contributed by atoms with van der Waals surface area (Å²) in [6, 6.07) is 11.7. The van der Waals surface area contributed by atoms with Gasteiger partial charge in [0.25, 0.3) is 0 Å².